The second-order valence-corrected chi connectivity index (χ2v) is 7.54. The number of hydrogen-bond donors (Lipinski definition) is 2. The number of rotatable bonds is 4. The third kappa shape index (κ3) is 3.57. The number of nitriles is 1. The van der Waals surface area contributed by atoms with Gasteiger partial charge in [-0.2, -0.15) is 5.26 Å². The molecule has 2 N–H and O–H groups in total. The van der Waals surface area contributed by atoms with Gasteiger partial charge in [0.25, 0.3) is 10.0 Å². The first kappa shape index (κ1) is 19.4. The quantitative estimate of drug-likeness (QED) is 0.633. The van der Waals surface area contributed by atoms with Crippen molar-refractivity contribution >= 4 is 15.7 Å². The van der Waals surface area contributed by atoms with E-state index in [2.05, 4.69) is 4.98 Å². The number of anilines is 1. The third-order valence-electron chi connectivity index (χ3n) is 3.92. The minimum absolute atomic E-state index is 0.0478. The van der Waals surface area contributed by atoms with Crippen molar-refractivity contribution in [2.75, 3.05) is 4.72 Å². The van der Waals surface area contributed by atoms with Gasteiger partial charge in [-0.1, -0.05) is 0 Å². The lowest BCUT2D eigenvalue weighted by molar-refractivity contribution is 0.547. The number of aryl methyl sites for hydroxylation is 1. The van der Waals surface area contributed by atoms with E-state index in [1.807, 2.05) is 4.72 Å². The van der Waals surface area contributed by atoms with Gasteiger partial charge in [0.2, 0.25) is 0 Å². The maximum absolute atomic E-state index is 14.1. The molecule has 0 fully saturated rings. The molecule has 0 aliphatic rings. The molecule has 0 radical (unpaired) electrons. The summed E-state index contributed by atoms with van der Waals surface area (Å²) in [5.41, 5.74) is -0.869. The third-order valence-corrected chi connectivity index (χ3v) is 5.27. The highest BCUT2D eigenvalue weighted by Crippen LogP contribution is 2.29. The summed E-state index contributed by atoms with van der Waals surface area (Å²) in [6.07, 6.45) is 0.953. The van der Waals surface area contributed by atoms with E-state index in [-0.39, 0.29) is 11.3 Å². The molecule has 0 amide bonds. The molecule has 28 heavy (non-hydrogen) atoms. The van der Waals surface area contributed by atoms with E-state index in [9.17, 15) is 26.0 Å². The van der Waals surface area contributed by atoms with Crippen molar-refractivity contribution in [1.29, 1.82) is 5.26 Å². The van der Waals surface area contributed by atoms with E-state index >= 15 is 0 Å². The van der Waals surface area contributed by atoms with E-state index in [1.165, 1.54) is 6.92 Å². The number of H-pyrrole nitrogens is 1. The average Bonchev–Trinajstić information content (AvgIpc) is 3.07. The molecule has 3 rings (SSSR count). The molecule has 1 aromatic heterocycles. The zero-order valence-electron chi connectivity index (χ0n) is 14.1. The van der Waals surface area contributed by atoms with Gasteiger partial charge < -0.3 is 4.98 Å². The van der Waals surface area contributed by atoms with Crippen LogP contribution >= 0.6 is 0 Å². The minimum atomic E-state index is -4.32. The van der Waals surface area contributed by atoms with Gasteiger partial charge in [-0.15, -0.1) is 0 Å². The molecule has 3 aromatic rings. The molecule has 5 nitrogen and oxygen atoms in total. The van der Waals surface area contributed by atoms with E-state index < -0.39 is 49.4 Å². The van der Waals surface area contributed by atoms with Crippen LogP contribution in [-0.4, -0.2) is 13.4 Å². The van der Waals surface area contributed by atoms with Gasteiger partial charge in [0, 0.05) is 18.3 Å². The summed E-state index contributed by atoms with van der Waals surface area (Å²) < 4.78 is 81.8. The van der Waals surface area contributed by atoms with Crippen LogP contribution in [0, 0.1) is 41.5 Å². The summed E-state index contributed by atoms with van der Waals surface area (Å²) in [4.78, 5) is 1.98. The zero-order chi connectivity index (χ0) is 20.6. The summed E-state index contributed by atoms with van der Waals surface area (Å²) in [5.74, 6) is -4.52. The Balaban J connectivity index is 1.98. The second-order valence-electron chi connectivity index (χ2n) is 5.86. The molecule has 144 valence electrons. The zero-order valence-corrected chi connectivity index (χ0v) is 15.0. The summed E-state index contributed by atoms with van der Waals surface area (Å²) in [5, 5.41) is 8.87. The molecular weight excluding hydrogens is 398 g/mol. The Morgan fingerprint density at radius 3 is 2.25 bits per heavy atom. The van der Waals surface area contributed by atoms with Crippen molar-refractivity contribution in [3.63, 3.8) is 0 Å². The van der Waals surface area contributed by atoms with Crippen molar-refractivity contribution < 1.29 is 26.0 Å². The van der Waals surface area contributed by atoms with E-state index in [1.54, 1.807) is 6.07 Å². The molecule has 0 spiro atoms. The molecule has 1 heterocycles. The first-order valence-corrected chi connectivity index (χ1v) is 9.17. The number of sulfonamides is 1. The molecule has 0 atom stereocenters. The lowest BCUT2D eigenvalue weighted by Gasteiger charge is -2.09. The minimum Gasteiger partial charge on any atom is -0.360 e. The predicted molar refractivity (Wildman–Crippen MR) is 92.8 cm³/mol. The number of nitrogens with zero attached hydrogens (tertiary/aromatic N) is 1. The van der Waals surface area contributed by atoms with Crippen LogP contribution in [0.15, 0.2) is 41.4 Å². The van der Waals surface area contributed by atoms with Crippen LogP contribution in [0.3, 0.4) is 0 Å². The highest BCUT2D eigenvalue weighted by molar-refractivity contribution is 7.92. The molecule has 0 saturated carbocycles. The Hall–Kier alpha value is -3.32. The largest absolute Gasteiger partial charge is 0.360 e. The molecule has 0 unspecified atom stereocenters. The monoisotopic (exact) mass is 409 g/mol. The Morgan fingerprint density at radius 1 is 1.00 bits per heavy atom. The molecule has 2 aromatic carbocycles. The predicted octanol–water partition coefficient (Wildman–Crippen LogP) is 4.22. The number of halogens is 4. The van der Waals surface area contributed by atoms with Crippen LogP contribution in [0.2, 0.25) is 0 Å². The normalized spacial score (nSPS) is 11.3. The fourth-order valence-electron chi connectivity index (χ4n) is 2.56. The first-order chi connectivity index (χ1) is 13.1. The van der Waals surface area contributed by atoms with Crippen LogP contribution < -0.4 is 4.72 Å². The Morgan fingerprint density at radius 2 is 1.64 bits per heavy atom. The average molecular weight is 409 g/mol. The van der Waals surface area contributed by atoms with E-state index in [0.717, 1.165) is 24.4 Å². The number of aromatic amines is 1. The smallest absolute Gasteiger partial charge is 0.263 e. The topological polar surface area (TPSA) is 85.8 Å². The fourth-order valence-corrected chi connectivity index (χ4v) is 3.61. The lowest BCUT2D eigenvalue weighted by atomic mass is 10.1. The maximum Gasteiger partial charge on any atom is 0.263 e. The van der Waals surface area contributed by atoms with Crippen molar-refractivity contribution in [3.05, 3.63) is 70.9 Å². The van der Waals surface area contributed by atoms with Gasteiger partial charge in [0.15, 0.2) is 0 Å². The van der Waals surface area contributed by atoms with Gasteiger partial charge in [0.1, 0.15) is 28.2 Å². The summed E-state index contributed by atoms with van der Waals surface area (Å²) in [6, 6.07) is 5.66. The Kier molecular flexibility index (Phi) is 4.87. The molecule has 0 aliphatic carbocycles. The van der Waals surface area contributed by atoms with Crippen LogP contribution in [-0.2, 0) is 10.0 Å². The van der Waals surface area contributed by atoms with E-state index in [0.29, 0.717) is 17.7 Å². The van der Waals surface area contributed by atoms with Gasteiger partial charge in [-0.05, 0) is 30.7 Å². The van der Waals surface area contributed by atoms with E-state index in [4.69, 9.17) is 5.26 Å². The number of nitrogens with one attached hydrogen (secondary N) is 2. The molecular formula is C18H11F4N3O2S. The van der Waals surface area contributed by atoms with Crippen molar-refractivity contribution in [1.82, 2.24) is 4.98 Å². The summed E-state index contributed by atoms with van der Waals surface area (Å²) in [7, 11) is -4.32. The van der Waals surface area contributed by atoms with Gasteiger partial charge in [-0.3, -0.25) is 4.72 Å². The van der Waals surface area contributed by atoms with Gasteiger partial charge >= 0.3 is 0 Å². The fraction of sp³-hybridized carbons (Fsp3) is 0.0556. The summed E-state index contributed by atoms with van der Waals surface area (Å²) in [6.45, 7) is 1.50. The highest BCUT2D eigenvalue weighted by Gasteiger charge is 2.22. The molecule has 0 aliphatic heterocycles. The summed E-state index contributed by atoms with van der Waals surface area (Å²) >= 11 is 0. The molecule has 0 bridgehead atoms. The van der Waals surface area contributed by atoms with Crippen molar-refractivity contribution in [3.8, 4) is 17.3 Å². The molecule has 0 saturated heterocycles. The van der Waals surface area contributed by atoms with Crippen LogP contribution in [0.1, 0.15) is 11.1 Å². The molecule has 10 heteroatoms. The SMILES string of the molecule is Cc1cc(NS(=O)(=O)c2c[nH]c(-c3c(F)cc(F)cc3F)c2)c(F)cc1C#N. The van der Waals surface area contributed by atoms with Crippen molar-refractivity contribution in [2.24, 2.45) is 0 Å². The highest BCUT2D eigenvalue weighted by atomic mass is 32.2. The number of benzene rings is 2. The Bertz CT molecular complexity index is 1210. The number of hydrogen-bond acceptors (Lipinski definition) is 3. The number of aromatic nitrogens is 1. The van der Waals surface area contributed by atoms with Crippen molar-refractivity contribution in [2.45, 2.75) is 11.8 Å². The lowest BCUT2D eigenvalue weighted by Crippen LogP contribution is -2.13. The van der Waals surface area contributed by atoms with Gasteiger partial charge in [0.05, 0.1) is 28.6 Å². The van der Waals surface area contributed by atoms with Crippen LogP contribution in [0.25, 0.3) is 11.3 Å². The Labute approximate surface area is 157 Å². The first-order valence-electron chi connectivity index (χ1n) is 7.69. The standard InChI is InChI=1S/C18H11F4N3O2S/c1-9-2-16(13(20)3-10(9)7-23)25-28(26,27)12-6-17(24-8-12)18-14(21)4-11(19)5-15(18)22/h2-6,8,24-25H,1H3. The second kappa shape index (κ2) is 7.01. The van der Waals surface area contributed by atoms with Crippen LogP contribution in [0.5, 0.6) is 0 Å². The maximum atomic E-state index is 14.1. The van der Waals surface area contributed by atoms with Gasteiger partial charge in [-0.25, -0.2) is 26.0 Å². The van der Waals surface area contributed by atoms with Crippen LogP contribution in [0.4, 0.5) is 23.2 Å².